The molecule has 0 rings (SSSR count). The van der Waals surface area contributed by atoms with E-state index in [-0.39, 0.29) is 0 Å². The highest BCUT2D eigenvalue weighted by atomic mass is 35.5. The summed E-state index contributed by atoms with van der Waals surface area (Å²) in [6, 6.07) is 0. The van der Waals surface area contributed by atoms with Crippen LogP contribution in [-0.4, -0.2) is 25.9 Å². The molecular formula is C11H21ClO2. The van der Waals surface area contributed by atoms with E-state index in [1.165, 1.54) is 6.42 Å². The lowest BCUT2D eigenvalue weighted by Gasteiger charge is -2.00. The van der Waals surface area contributed by atoms with E-state index in [9.17, 15) is 0 Å². The fourth-order valence-corrected chi connectivity index (χ4v) is 1.13. The Bertz CT molecular complexity index is 126. The van der Waals surface area contributed by atoms with Crippen LogP contribution in [0.25, 0.3) is 0 Å². The van der Waals surface area contributed by atoms with E-state index in [1.54, 1.807) is 0 Å². The molecule has 0 aliphatic heterocycles. The molecule has 0 heterocycles. The van der Waals surface area contributed by atoms with Gasteiger partial charge in [-0.15, -0.1) is 11.6 Å². The molecule has 0 aliphatic carbocycles. The first kappa shape index (κ1) is 13.9. The molecule has 2 nitrogen and oxygen atoms in total. The van der Waals surface area contributed by atoms with Crippen molar-refractivity contribution in [1.29, 1.82) is 0 Å². The predicted molar refractivity (Wildman–Crippen MR) is 60.8 cm³/mol. The number of unbranched alkanes of at least 4 members (excludes halogenated alkanes) is 2. The molecule has 0 bridgehead atoms. The van der Waals surface area contributed by atoms with E-state index in [0.29, 0.717) is 13.4 Å². The van der Waals surface area contributed by atoms with Gasteiger partial charge in [0.25, 0.3) is 0 Å². The van der Waals surface area contributed by atoms with E-state index in [2.05, 4.69) is 12.2 Å². The highest BCUT2D eigenvalue weighted by Crippen LogP contribution is 1.98. The van der Waals surface area contributed by atoms with Crippen LogP contribution in [0.4, 0.5) is 0 Å². The fraction of sp³-hybridized carbons (Fsp3) is 0.818. The quantitative estimate of drug-likeness (QED) is 0.243. The van der Waals surface area contributed by atoms with Crippen LogP contribution in [0.15, 0.2) is 12.2 Å². The molecule has 0 saturated heterocycles. The number of hydrogen-bond donors (Lipinski definition) is 0. The molecule has 14 heavy (non-hydrogen) atoms. The molecule has 0 amide bonds. The third kappa shape index (κ3) is 11.9. The van der Waals surface area contributed by atoms with Crippen molar-refractivity contribution in [2.45, 2.75) is 32.6 Å². The van der Waals surface area contributed by atoms with Gasteiger partial charge in [-0.05, 0) is 32.6 Å². The second kappa shape index (κ2) is 12.9. The zero-order valence-corrected chi connectivity index (χ0v) is 9.76. The first-order chi connectivity index (χ1) is 6.91. The molecule has 0 spiro atoms. The maximum atomic E-state index is 5.55. The number of hydrogen-bond acceptors (Lipinski definition) is 2. The van der Waals surface area contributed by atoms with Gasteiger partial charge in [0.2, 0.25) is 0 Å². The lowest BCUT2D eigenvalue weighted by molar-refractivity contribution is -0.0476. The summed E-state index contributed by atoms with van der Waals surface area (Å²) >= 11 is 5.55. The van der Waals surface area contributed by atoms with Crippen LogP contribution in [0.3, 0.4) is 0 Å². The van der Waals surface area contributed by atoms with Gasteiger partial charge in [0.1, 0.15) is 6.79 Å². The Kier molecular flexibility index (Phi) is 12.9. The van der Waals surface area contributed by atoms with Crippen molar-refractivity contribution in [3.63, 3.8) is 0 Å². The lowest BCUT2D eigenvalue weighted by atomic mass is 10.2. The second-order valence-electron chi connectivity index (χ2n) is 2.96. The van der Waals surface area contributed by atoms with Gasteiger partial charge in [-0.25, -0.2) is 0 Å². The lowest BCUT2D eigenvalue weighted by Crippen LogP contribution is -1.99. The third-order valence-corrected chi connectivity index (χ3v) is 1.99. The molecule has 0 aliphatic rings. The van der Waals surface area contributed by atoms with Gasteiger partial charge in [-0.2, -0.15) is 0 Å². The van der Waals surface area contributed by atoms with Gasteiger partial charge in [0.15, 0.2) is 0 Å². The Morgan fingerprint density at radius 3 is 2.57 bits per heavy atom. The average Bonchev–Trinajstić information content (AvgIpc) is 2.21. The monoisotopic (exact) mass is 220 g/mol. The maximum Gasteiger partial charge on any atom is 0.146 e. The highest BCUT2D eigenvalue weighted by molar-refractivity contribution is 6.17. The first-order valence-corrected chi connectivity index (χ1v) is 5.81. The van der Waals surface area contributed by atoms with Crippen molar-refractivity contribution in [3.05, 3.63) is 12.2 Å². The average molecular weight is 221 g/mol. The van der Waals surface area contributed by atoms with Crippen LogP contribution in [-0.2, 0) is 9.47 Å². The zero-order valence-electron chi connectivity index (χ0n) is 9.01. The summed E-state index contributed by atoms with van der Waals surface area (Å²) in [5.74, 6) is 0.769. The summed E-state index contributed by atoms with van der Waals surface area (Å²) in [5, 5.41) is 0. The molecule has 3 heteroatoms. The predicted octanol–water partition coefficient (Wildman–Crippen LogP) is 3.35. The Labute approximate surface area is 92.2 Å². The van der Waals surface area contributed by atoms with Gasteiger partial charge in [0.05, 0.1) is 6.61 Å². The SMILES string of the molecule is CCOCOCCC=CCCCCCl. The zero-order chi connectivity index (χ0) is 10.5. The molecule has 0 aromatic carbocycles. The van der Waals surface area contributed by atoms with Crippen molar-refractivity contribution in [1.82, 2.24) is 0 Å². The largest absolute Gasteiger partial charge is 0.356 e. The van der Waals surface area contributed by atoms with Crippen molar-refractivity contribution in [3.8, 4) is 0 Å². The summed E-state index contributed by atoms with van der Waals surface area (Å²) in [6.45, 7) is 3.83. The summed E-state index contributed by atoms with van der Waals surface area (Å²) < 4.78 is 10.2. The van der Waals surface area contributed by atoms with Crippen LogP contribution in [0.1, 0.15) is 32.6 Å². The molecule has 0 atom stereocenters. The Morgan fingerprint density at radius 1 is 1.07 bits per heavy atom. The molecule has 0 unspecified atom stereocenters. The Balaban J connectivity index is 2.96. The molecule has 0 aromatic heterocycles. The van der Waals surface area contributed by atoms with E-state index >= 15 is 0 Å². The van der Waals surface area contributed by atoms with Crippen LogP contribution in [0.2, 0.25) is 0 Å². The van der Waals surface area contributed by atoms with Crippen LogP contribution in [0, 0.1) is 0 Å². The minimum atomic E-state index is 0.413. The second-order valence-corrected chi connectivity index (χ2v) is 3.34. The van der Waals surface area contributed by atoms with E-state index in [1.807, 2.05) is 6.92 Å². The third-order valence-electron chi connectivity index (χ3n) is 1.72. The van der Waals surface area contributed by atoms with E-state index < -0.39 is 0 Å². The van der Waals surface area contributed by atoms with E-state index in [0.717, 1.165) is 31.7 Å². The van der Waals surface area contributed by atoms with Gasteiger partial charge < -0.3 is 9.47 Å². The van der Waals surface area contributed by atoms with Gasteiger partial charge in [-0.3, -0.25) is 0 Å². The van der Waals surface area contributed by atoms with Gasteiger partial charge >= 0.3 is 0 Å². The van der Waals surface area contributed by atoms with Crippen molar-refractivity contribution < 1.29 is 9.47 Å². The number of rotatable bonds is 10. The minimum absolute atomic E-state index is 0.413. The molecular weight excluding hydrogens is 200 g/mol. The molecule has 0 radical (unpaired) electrons. The minimum Gasteiger partial charge on any atom is -0.356 e. The van der Waals surface area contributed by atoms with Crippen LogP contribution in [0.5, 0.6) is 0 Å². The van der Waals surface area contributed by atoms with Gasteiger partial charge in [-0.1, -0.05) is 12.2 Å². The summed E-state index contributed by atoms with van der Waals surface area (Å²) in [5.41, 5.74) is 0. The Morgan fingerprint density at radius 2 is 1.86 bits per heavy atom. The van der Waals surface area contributed by atoms with E-state index in [4.69, 9.17) is 21.1 Å². The molecule has 0 aromatic rings. The number of alkyl halides is 1. The molecule has 0 saturated carbocycles. The molecule has 0 fully saturated rings. The van der Waals surface area contributed by atoms with Crippen LogP contribution < -0.4 is 0 Å². The molecule has 0 N–H and O–H groups in total. The van der Waals surface area contributed by atoms with Gasteiger partial charge in [0, 0.05) is 12.5 Å². The summed E-state index contributed by atoms with van der Waals surface area (Å²) in [6.07, 6.45) is 8.72. The number of allylic oxidation sites excluding steroid dienone is 1. The van der Waals surface area contributed by atoms with Crippen molar-refractivity contribution >= 4 is 11.6 Å². The van der Waals surface area contributed by atoms with Crippen LogP contribution >= 0.6 is 11.6 Å². The Hall–Kier alpha value is -0.0500. The topological polar surface area (TPSA) is 18.5 Å². The summed E-state index contributed by atoms with van der Waals surface area (Å²) in [4.78, 5) is 0. The standard InChI is InChI=1S/C11H21ClO2/c1-2-13-11-14-10-8-6-4-3-5-7-9-12/h4,6H,2-3,5,7-11H2,1H3. The number of halogens is 1. The van der Waals surface area contributed by atoms with Crippen molar-refractivity contribution in [2.75, 3.05) is 25.9 Å². The number of ether oxygens (including phenoxy) is 2. The maximum absolute atomic E-state index is 5.55. The highest BCUT2D eigenvalue weighted by Gasteiger charge is 1.85. The fourth-order valence-electron chi connectivity index (χ4n) is 0.945. The first-order valence-electron chi connectivity index (χ1n) is 5.28. The molecule has 84 valence electrons. The smallest absolute Gasteiger partial charge is 0.146 e. The van der Waals surface area contributed by atoms with Crippen molar-refractivity contribution in [2.24, 2.45) is 0 Å². The summed E-state index contributed by atoms with van der Waals surface area (Å²) in [7, 11) is 0. The normalized spacial score (nSPS) is 11.3.